The molecule has 2 rings (SSSR count). The first-order valence-corrected chi connectivity index (χ1v) is 8.84. The Hall–Kier alpha value is -3.20. The zero-order chi connectivity index (χ0) is 20.0. The molecular weight excluding hydrogens is 370 g/mol. The number of ether oxygens (including phenoxy) is 1. The van der Waals surface area contributed by atoms with E-state index in [1.807, 2.05) is 19.9 Å². The highest BCUT2D eigenvalue weighted by molar-refractivity contribution is 7.14. The van der Waals surface area contributed by atoms with Gasteiger partial charge in [0.15, 0.2) is 6.61 Å². The molecule has 2 aromatic rings. The predicted molar refractivity (Wildman–Crippen MR) is 101 cm³/mol. The van der Waals surface area contributed by atoms with Gasteiger partial charge in [-0.1, -0.05) is 6.07 Å². The summed E-state index contributed by atoms with van der Waals surface area (Å²) in [5.41, 5.74) is 7.81. The van der Waals surface area contributed by atoms with Crippen molar-refractivity contribution in [2.24, 2.45) is 5.73 Å². The van der Waals surface area contributed by atoms with Crippen molar-refractivity contribution in [2.45, 2.75) is 13.8 Å². The maximum atomic E-state index is 12.0. The van der Waals surface area contributed by atoms with E-state index in [1.54, 1.807) is 17.5 Å². The SMILES string of the molecule is Cc1ccc(C(=O)NCC(=O)OCC(=O)Nc2sccc2C(N)=O)cc1C. The average molecular weight is 389 g/mol. The fraction of sp³-hybridized carbons (Fsp3) is 0.222. The lowest BCUT2D eigenvalue weighted by atomic mass is 10.1. The van der Waals surface area contributed by atoms with E-state index in [1.165, 1.54) is 6.07 Å². The van der Waals surface area contributed by atoms with Crippen LogP contribution in [0.4, 0.5) is 5.00 Å². The minimum Gasteiger partial charge on any atom is -0.454 e. The summed E-state index contributed by atoms with van der Waals surface area (Å²) in [6, 6.07) is 6.68. The normalized spacial score (nSPS) is 10.1. The molecule has 1 heterocycles. The van der Waals surface area contributed by atoms with Gasteiger partial charge in [0.25, 0.3) is 17.7 Å². The number of hydrogen-bond donors (Lipinski definition) is 3. The summed E-state index contributed by atoms with van der Waals surface area (Å²) in [5, 5.41) is 6.76. The van der Waals surface area contributed by atoms with Gasteiger partial charge in [-0.2, -0.15) is 0 Å². The van der Waals surface area contributed by atoms with E-state index in [0.29, 0.717) is 5.56 Å². The lowest BCUT2D eigenvalue weighted by Gasteiger charge is -2.08. The van der Waals surface area contributed by atoms with Gasteiger partial charge in [-0.3, -0.25) is 19.2 Å². The number of hydrogen-bond acceptors (Lipinski definition) is 6. The standard InChI is InChI=1S/C18H19N3O5S/c1-10-3-4-12(7-11(10)2)17(25)20-8-15(23)26-9-14(22)21-18-13(16(19)24)5-6-27-18/h3-7H,8-9H2,1-2H3,(H2,19,24)(H,20,25)(H,21,22). The monoisotopic (exact) mass is 389 g/mol. The Balaban J connectivity index is 1.77. The maximum Gasteiger partial charge on any atom is 0.325 e. The van der Waals surface area contributed by atoms with Crippen molar-refractivity contribution in [3.8, 4) is 0 Å². The van der Waals surface area contributed by atoms with Crippen molar-refractivity contribution < 1.29 is 23.9 Å². The van der Waals surface area contributed by atoms with Crippen molar-refractivity contribution in [2.75, 3.05) is 18.5 Å². The predicted octanol–water partition coefficient (Wildman–Crippen LogP) is 1.38. The van der Waals surface area contributed by atoms with Crippen LogP contribution in [-0.4, -0.2) is 36.8 Å². The highest BCUT2D eigenvalue weighted by Crippen LogP contribution is 2.22. The maximum absolute atomic E-state index is 12.0. The van der Waals surface area contributed by atoms with Crippen molar-refractivity contribution in [1.29, 1.82) is 0 Å². The molecule has 4 N–H and O–H groups in total. The summed E-state index contributed by atoms with van der Waals surface area (Å²) in [5.74, 6) is -2.46. The minimum absolute atomic E-state index is 0.181. The van der Waals surface area contributed by atoms with Gasteiger partial charge in [0, 0.05) is 5.56 Å². The Kier molecular flexibility index (Phi) is 6.67. The van der Waals surface area contributed by atoms with Gasteiger partial charge in [0.05, 0.1) is 5.56 Å². The number of primary amides is 1. The average Bonchev–Trinajstić information content (AvgIpc) is 3.08. The summed E-state index contributed by atoms with van der Waals surface area (Å²) >= 11 is 1.12. The highest BCUT2D eigenvalue weighted by Gasteiger charge is 2.15. The molecule has 0 aliphatic heterocycles. The molecule has 0 bridgehead atoms. The molecule has 0 atom stereocenters. The number of carbonyl (C=O) groups excluding carboxylic acids is 4. The second-order valence-corrected chi connectivity index (χ2v) is 6.63. The molecule has 0 radical (unpaired) electrons. The van der Waals surface area contributed by atoms with Crippen molar-refractivity contribution >= 4 is 40.0 Å². The second kappa shape index (κ2) is 8.95. The number of benzene rings is 1. The molecule has 0 saturated heterocycles. The molecule has 8 nitrogen and oxygen atoms in total. The van der Waals surface area contributed by atoms with Crippen LogP contribution in [0.5, 0.6) is 0 Å². The van der Waals surface area contributed by atoms with E-state index in [-0.39, 0.29) is 17.1 Å². The van der Waals surface area contributed by atoms with Crippen LogP contribution in [0.3, 0.4) is 0 Å². The Bertz CT molecular complexity index is 891. The van der Waals surface area contributed by atoms with Gasteiger partial charge in [-0.15, -0.1) is 11.3 Å². The fourth-order valence-corrected chi connectivity index (χ4v) is 2.91. The van der Waals surface area contributed by atoms with Gasteiger partial charge >= 0.3 is 5.97 Å². The molecule has 9 heteroatoms. The van der Waals surface area contributed by atoms with Crippen LogP contribution < -0.4 is 16.4 Å². The molecule has 0 unspecified atom stereocenters. The van der Waals surface area contributed by atoms with Gasteiger partial charge in [0.1, 0.15) is 11.5 Å². The fourth-order valence-electron chi connectivity index (χ4n) is 2.10. The van der Waals surface area contributed by atoms with Crippen molar-refractivity contribution in [3.63, 3.8) is 0 Å². The summed E-state index contributed by atoms with van der Waals surface area (Å²) in [6.45, 7) is 2.90. The zero-order valence-electron chi connectivity index (χ0n) is 14.8. The molecule has 0 aliphatic carbocycles. The largest absolute Gasteiger partial charge is 0.454 e. The number of nitrogens with one attached hydrogen (secondary N) is 2. The Morgan fingerprint density at radius 3 is 2.52 bits per heavy atom. The number of anilines is 1. The van der Waals surface area contributed by atoms with Crippen LogP contribution in [0.15, 0.2) is 29.6 Å². The van der Waals surface area contributed by atoms with Gasteiger partial charge in [0.2, 0.25) is 0 Å². The minimum atomic E-state index is -0.761. The molecule has 0 saturated carbocycles. The Labute approximate surface area is 159 Å². The van der Waals surface area contributed by atoms with Gasteiger partial charge < -0.3 is 21.1 Å². The van der Waals surface area contributed by atoms with Crippen LogP contribution in [0.25, 0.3) is 0 Å². The van der Waals surface area contributed by atoms with Crippen molar-refractivity contribution in [3.05, 3.63) is 51.9 Å². The van der Waals surface area contributed by atoms with Crippen LogP contribution in [0, 0.1) is 13.8 Å². The molecule has 3 amide bonds. The zero-order valence-corrected chi connectivity index (χ0v) is 15.6. The summed E-state index contributed by atoms with van der Waals surface area (Å²) in [7, 11) is 0. The van der Waals surface area contributed by atoms with Gasteiger partial charge in [-0.05, 0) is 48.6 Å². The molecule has 142 valence electrons. The van der Waals surface area contributed by atoms with E-state index >= 15 is 0 Å². The molecule has 0 fully saturated rings. The van der Waals surface area contributed by atoms with E-state index in [2.05, 4.69) is 10.6 Å². The third kappa shape index (κ3) is 5.65. The molecule has 0 aliphatic rings. The Morgan fingerprint density at radius 1 is 1.11 bits per heavy atom. The summed E-state index contributed by atoms with van der Waals surface area (Å²) in [6.07, 6.45) is 0. The molecule has 27 heavy (non-hydrogen) atoms. The lowest BCUT2D eigenvalue weighted by Crippen LogP contribution is -2.32. The van der Waals surface area contributed by atoms with Crippen LogP contribution in [0.2, 0.25) is 0 Å². The van der Waals surface area contributed by atoms with E-state index in [0.717, 1.165) is 22.5 Å². The Morgan fingerprint density at radius 2 is 1.85 bits per heavy atom. The van der Waals surface area contributed by atoms with Gasteiger partial charge in [-0.25, -0.2) is 0 Å². The van der Waals surface area contributed by atoms with Crippen molar-refractivity contribution in [1.82, 2.24) is 5.32 Å². The second-order valence-electron chi connectivity index (χ2n) is 5.72. The smallest absolute Gasteiger partial charge is 0.325 e. The molecular formula is C18H19N3O5S. The summed E-state index contributed by atoms with van der Waals surface area (Å²) in [4.78, 5) is 46.7. The first-order valence-electron chi connectivity index (χ1n) is 7.96. The topological polar surface area (TPSA) is 128 Å². The third-order valence-electron chi connectivity index (χ3n) is 3.71. The van der Waals surface area contributed by atoms with Crippen LogP contribution in [-0.2, 0) is 14.3 Å². The third-order valence-corrected chi connectivity index (χ3v) is 4.54. The first-order chi connectivity index (χ1) is 12.8. The number of carbonyl (C=O) groups is 4. The summed E-state index contributed by atoms with van der Waals surface area (Å²) < 4.78 is 4.80. The first kappa shape index (κ1) is 20.1. The number of esters is 1. The molecule has 0 spiro atoms. The number of amides is 3. The van der Waals surface area contributed by atoms with Crippen LogP contribution in [0.1, 0.15) is 31.8 Å². The number of nitrogens with two attached hydrogens (primary N) is 1. The molecule has 1 aromatic carbocycles. The highest BCUT2D eigenvalue weighted by atomic mass is 32.1. The quantitative estimate of drug-likeness (QED) is 0.616. The van der Waals surface area contributed by atoms with Crippen LogP contribution >= 0.6 is 11.3 Å². The van der Waals surface area contributed by atoms with E-state index in [9.17, 15) is 19.2 Å². The molecule has 1 aromatic heterocycles. The number of rotatable bonds is 7. The lowest BCUT2D eigenvalue weighted by molar-refractivity contribution is -0.146. The number of thiophene rings is 1. The van der Waals surface area contributed by atoms with E-state index < -0.39 is 30.3 Å². The number of aryl methyl sites for hydroxylation is 2. The van der Waals surface area contributed by atoms with E-state index in [4.69, 9.17) is 10.5 Å².